The molecule has 1 aromatic rings. The molecule has 100 valence electrons. The minimum atomic E-state index is 0.278. The van der Waals surface area contributed by atoms with Gasteiger partial charge in [0.1, 0.15) is 11.9 Å². The summed E-state index contributed by atoms with van der Waals surface area (Å²) >= 11 is 0. The molecule has 0 aromatic carbocycles. The zero-order chi connectivity index (χ0) is 12.8. The fraction of sp³-hybridized carbons (Fsp3) is 0.643. The molecule has 1 aromatic heterocycles. The van der Waals surface area contributed by atoms with E-state index in [0.29, 0.717) is 6.04 Å². The molecular weight excluding hydrogens is 228 g/mol. The minimum absolute atomic E-state index is 0.278. The van der Waals surface area contributed by atoms with Crippen molar-refractivity contribution in [2.75, 3.05) is 13.2 Å². The van der Waals surface area contributed by atoms with Gasteiger partial charge in [0, 0.05) is 25.4 Å². The lowest BCUT2D eigenvalue weighted by molar-refractivity contribution is 0.0254. The van der Waals surface area contributed by atoms with Crippen LogP contribution in [-0.4, -0.2) is 30.3 Å². The van der Waals surface area contributed by atoms with Gasteiger partial charge >= 0.3 is 0 Å². The molecule has 0 atom stereocenters. The zero-order valence-electron chi connectivity index (χ0n) is 11.2. The second-order valence-corrected chi connectivity index (χ2v) is 4.95. The molecule has 4 heteroatoms. The van der Waals surface area contributed by atoms with E-state index >= 15 is 0 Å². The van der Waals surface area contributed by atoms with Crippen molar-refractivity contribution in [3.63, 3.8) is 0 Å². The fourth-order valence-electron chi connectivity index (χ4n) is 1.88. The maximum absolute atomic E-state index is 5.87. The Bertz CT molecular complexity index is 345. The van der Waals surface area contributed by atoms with Gasteiger partial charge in [-0.15, -0.1) is 0 Å². The van der Waals surface area contributed by atoms with Crippen LogP contribution < -0.4 is 10.1 Å². The highest BCUT2D eigenvalue weighted by Gasteiger charge is 2.15. The third kappa shape index (κ3) is 4.27. The van der Waals surface area contributed by atoms with Gasteiger partial charge in [-0.05, 0) is 12.1 Å². The first-order chi connectivity index (χ1) is 8.74. The van der Waals surface area contributed by atoms with Crippen LogP contribution in [0.15, 0.2) is 18.3 Å². The molecule has 0 unspecified atom stereocenters. The Balaban J connectivity index is 1.83. The summed E-state index contributed by atoms with van der Waals surface area (Å²) in [5.41, 5.74) is 1.04. The van der Waals surface area contributed by atoms with Crippen molar-refractivity contribution in [3.05, 3.63) is 24.0 Å². The average Bonchev–Trinajstić information content (AvgIpc) is 2.39. The molecule has 0 aliphatic carbocycles. The molecule has 18 heavy (non-hydrogen) atoms. The molecule has 1 aliphatic rings. The van der Waals surface area contributed by atoms with E-state index in [4.69, 9.17) is 9.47 Å². The van der Waals surface area contributed by atoms with E-state index < -0.39 is 0 Å². The van der Waals surface area contributed by atoms with Crippen LogP contribution in [-0.2, 0) is 11.3 Å². The van der Waals surface area contributed by atoms with Crippen molar-refractivity contribution in [3.8, 4) is 5.75 Å². The monoisotopic (exact) mass is 250 g/mol. The van der Waals surface area contributed by atoms with Gasteiger partial charge in [-0.2, -0.15) is 0 Å². The fourth-order valence-corrected chi connectivity index (χ4v) is 1.88. The number of hydrogen-bond donors (Lipinski definition) is 1. The van der Waals surface area contributed by atoms with Crippen LogP contribution in [0.2, 0.25) is 0 Å². The Hall–Kier alpha value is -1.13. The van der Waals surface area contributed by atoms with Crippen LogP contribution in [0.4, 0.5) is 0 Å². The van der Waals surface area contributed by atoms with Gasteiger partial charge in [-0.1, -0.05) is 13.8 Å². The molecule has 0 saturated carbocycles. The van der Waals surface area contributed by atoms with Crippen LogP contribution in [0.25, 0.3) is 0 Å². The summed E-state index contributed by atoms with van der Waals surface area (Å²) < 4.78 is 11.2. The standard InChI is InChI=1S/C14H22N2O2/c1-11(2)15-9-12-3-4-14(10-16-12)18-13-5-7-17-8-6-13/h3-4,10-11,13,15H,5-9H2,1-2H3. The van der Waals surface area contributed by atoms with Crippen molar-refractivity contribution in [1.29, 1.82) is 0 Å². The van der Waals surface area contributed by atoms with Crippen molar-refractivity contribution >= 4 is 0 Å². The van der Waals surface area contributed by atoms with Crippen molar-refractivity contribution in [2.45, 2.75) is 45.4 Å². The number of pyridine rings is 1. The first-order valence-electron chi connectivity index (χ1n) is 6.67. The molecule has 1 fully saturated rings. The van der Waals surface area contributed by atoms with Crippen LogP contribution >= 0.6 is 0 Å². The predicted octanol–water partition coefficient (Wildman–Crippen LogP) is 2.14. The average molecular weight is 250 g/mol. The number of nitrogens with one attached hydrogen (secondary N) is 1. The molecule has 0 radical (unpaired) electrons. The SMILES string of the molecule is CC(C)NCc1ccc(OC2CCOCC2)cn1. The molecule has 0 amide bonds. The summed E-state index contributed by atoms with van der Waals surface area (Å²) in [5.74, 6) is 0.857. The van der Waals surface area contributed by atoms with Crippen LogP contribution in [0.1, 0.15) is 32.4 Å². The second-order valence-electron chi connectivity index (χ2n) is 4.95. The summed E-state index contributed by atoms with van der Waals surface area (Å²) in [6.07, 6.45) is 4.03. The number of rotatable bonds is 5. The molecule has 0 bridgehead atoms. The molecule has 2 rings (SSSR count). The molecule has 2 heterocycles. The van der Waals surface area contributed by atoms with Gasteiger partial charge in [-0.25, -0.2) is 0 Å². The van der Waals surface area contributed by atoms with Crippen molar-refractivity contribution in [2.24, 2.45) is 0 Å². The zero-order valence-corrected chi connectivity index (χ0v) is 11.2. The maximum Gasteiger partial charge on any atom is 0.138 e. The number of hydrogen-bond acceptors (Lipinski definition) is 4. The predicted molar refractivity (Wildman–Crippen MR) is 70.7 cm³/mol. The van der Waals surface area contributed by atoms with Crippen LogP contribution in [0.5, 0.6) is 5.75 Å². The Kier molecular flexibility index (Phi) is 4.96. The van der Waals surface area contributed by atoms with Gasteiger partial charge in [0.2, 0.25) is 0 Å². The van der Waals surface area contributed by atoms with Gasteiger partial charge in [-0.3, -0.25) is 4.98 Å². The summed E-state index contributed by atoms with van der Waals surface area (Å²) in [6.45, 7) is 6.66. The highest BCUT2D eigenvalue weighted by atomic mass is 16.5. The lowest BCUT2D eigenvalue weighted by atomic mass is 10.1. The largest absolute Gasteiger partial charge is 0.489 e. The molecule has 1 N–H and O–H groups in total. The van der Waals surface area contributed by atoms with E-state index in [2.05, 4.69) is 24.1 Å². The summed E-state index contributed by atoms with van der Waals surface area (Å²) in [4.78, 5) is 4.40. The minimum Gasteiger partial charge on any atom is -0.489 e. The summed E-state index contributed by atoms with van der Waals surface area (Å²) in [7, 11) is 0. The lowest BCUT2D eigenvalue weighted by Crippen LogP contribution is -2.26. The first-order valence-corrected chi connectivity index (χ1v) is 6.67. The topological polar surface area (TPSA) is 43.4 Å². The van der Waals surface area contributed by atoms with E-state index in [1.54, 1.807) is 0 Å². The summed E-state index contributed by atoms with van der Waals surface area (Å²) in [6, 6.07) is 4.49. The van der Waals surface area contributed by atoms with Gasteiger partial charge in [0.15, 0.2) is 0 Å². The Morgan fingerprint density at radius 3 is 2.78 bits per heavy atom. The van der Waals surface area contributed by atoms with E-state index in [9.17, 15) is 0 Å². The van der Waals surface area contributed by atoms with Crippen LogP contribution in [0.3, 0.4) is 0 Å². The normalized spacial score (nSPS) is 17.1. The number of nitrogens with zero attached hydrogens (tertiary/aromatic N) is 1. The first kappa shape index (κ1) is 13.3. The van der Waals surface area contributed by atoms with Gasteiger partial charge in [0.25, 0.3) is 0 Å². The molecule has 0 spiro atoms. The third-order valence-corrected chi connectivity index (χ3v) is 2.96. The van der Waals surface area contributed by atoms with Crippen molar-refractivity contribution in [1.82, 2.24) is 10.3 Å². The Morgan fingerprint density at radius 1 is 1.39 bits per heavy atom. The highest BCUT2D eigenvalue weighted by molar-refractivity contribution is 5.20. The van der Waals surface area contributed by atoms with Crippen LogP contribution in [0, 0.1) is 0 Å². The summed E-state index contributed by atoms with van der Waals surface area (Å²) in [5, 5.41) is 3.34. The maximum atomic E-state index is 5.87. The molecular formula is C14H22N2O2. The lowest BCUT2D eigenvalue weighted by Gasteiger charge is -2.23. The van der Waals surface area contributed by atoms with E-state index in [-0.39, 0.29) is 6.10 Å². The molecule has 1 saturated heterocycles. The molecule has 4 nitrogen and oxygen atoms in total. The van der Waals surface area contributed by atoms with Crippen molar-refractivity contribution < 1.29 is 9.47 Å². The van der Waals surface area contributed by atoms with Gasteiger partial charge in [0.05, 0.1) is 25.1 Å². The Labute approximate surface area is 109 Å². The third-order valence-electron chi connectivity index (χ3n) is 2.96. The quantitative estimate of drug-likeness (QED) is 0.869. The van der Waals surface area contributed by atoms with E-state index in [1.807, 2.05) is 18.3 Å². The van der Waals surface area contributed by atoms with E-state index in [1.165, 1.54) is 0 Å². The highest BCUT2D eigenvalue weighted by Crippen LogP contribution is 2.17. The Morgan fingerprint density at radius 2 is 2.17 bits per heavy atom. The van der Waals surface area contributed by atoms with Gasteiger partial charge < -0.3 is 14.8 Å². The van der Waals surface area contributed by atoms with E-state index in [0.717, 1.165) is 44.0 Å². The molecule has 1 aliphatic heterocycles. The second kappa shape index (κ2) is 6.71. The number of ether oxygens (including phenoxy) is 2. The smallest absolute Gasteiger partial charge is 0.138 e. The number of aromatic nitrogens is 1.